The molecule has 0 unspecified atom stereocenters. The smallest absolute Gasteiger partial charge is 0.148 e. The van der Waals surface area contributed by atoms with Crippen molar-refractivity contribution in [1.29, 1.82) is 0 Å². The summed E-state index contributed by atoms with van der Waals surface area (Å²) >= 11 is 0. The molecule has 1 aromatic rings. The van der Waals surface area contributed by atoms with Gasteiger partial charge in [0.1, 0.15) is 5.82 Å². The minimum atomic E-state index is 0.623. The van der Waals surface area contributed by atoms with Crippen molar-refractivity contribution in [2.75, 3.05) is 18.4 Å². The Kier molecular flexibility index (Phi) is 2.72. The van der Waals surface area contributed by atoms with E-state index in [0.717, 1.165) is 18.9 Å². The molecule has 1 aliphatic rings. The van der Waals surface area contributed by atoms with Gasteiger partial charge in [0, 0.05) is 31.4 Å². The summed E-state index contributed by atoms with van der Waals surface area (Å²) in [4.78, 5) is 0. The summed E-state index contributed by atoms with van der Waals surface area (Å²) in [5.41, 5.74) is 1.19. The highest BCUT2D eigenvalue weighted by Gasteiger charge is 2.13. The minimum Gasteiger partial charge on any atom is -0.367 e. The first-order valence-corrected chi connectivity index (χ1v) is 5.23. The van der Waals surface area contributed by atoms with Gasteiger partial charge < -0.3 is 10.6 Å². The summed E-state index contributed by atoms with van der Waals surface area (Å²) in [6.07, 6.45) is 2.58. The first-order chi connectivity index (χ1) is 6.75. The van der Waals surface area contributed by atoms with Gasteiger partial charge in [-0.1, -0.05) is 0 Å². The van der Waals surface area contributed by atoms with Gasteiger partial charge in [0.05, 0.1) is 0 Å². The van der Waals surface area contributed by atoms with E-state index >= 15 is 0 Å². The summed E-state index contributed by atoms with van der Waals surface area (Å²) < 4.78 is 1.89. The molecule has 14 heavy (non-hydrogen) atoms. The summed E-state index contributed by atoms with van der Waals surface area (Å²) in [5.74, 6) is 0.985. The van der Waals surface area contributed by atoms with E-state index in [-0.39, 0.29) is 0 Å². The highest BCUT2D eigenvalue weighted by Crippen LogP contribution is 2.09. The molecular weight excluding hydrogens is 176 g/mol. The molecule has 2 rings (SSSR count). The molecule has 4 heteroatoms. The largest absolute Gasteiger partial charge is 0.367 e. The van der Waals surface area contributed by atoms with Crippen molar-refractivity contribution >= 4 is 5.82 Å². The number of hydrogen-bond acceptors (Lipinski definition) is 3. The Morgan fingerprint density at radius 1 is 1.71 bits per heavy atom. The lowest BCUT2D eigenvalue weighted by Crippen LogP contribution is -2.29. The van der Waals surface area contributed by atoms with E-state index in [1.165, 1.54) is 18.5 Å². The van der Waals surface area contributed by atoms with Crippen molar-refractivity contribution in [2.45, 2.75) is 25.8 Å². The van der Waals surface area contributed by atoms with Crippen molar-refractivity contribution in [2.24, 2.45) is 7.05 Å². The van der Waals surface area contributed by atoms with Crippen molar-refractivity contribution in [3.63, 3.8) is 0 Å². The van der Waals surface area contributed by atoms with Gasteiger partial charge in [-0.05, 0) is 26.3 Å². The third-order valence-corrected chi connectivity index (χ3v) is 2.81. The van der Waals surface area contributed by atoms with Crippen LogP contribution in [0, 0.1) is 6.92 Å². The van der Waals surface area contributed by atoms with Gasteiger partial charge in [0.2, 0.25) is 0 Å². The van der Waals surface area contributed by atoms with Crippen LogP contribution in [-0.4, -0.2) is 28.9 Å². The maximum atomic E-state index is 4.35. The molecule has 1 saturated heterocycles. The highest BCUT2D eigenvalue weighted by molar-refractivity contribution is 5.35. The number of hydrogen-bond donors (Lipinski definition) is 2. The van der Waals surface area contributed by atoms with Crippen LogP contribution in [0.5, 0.6) is 0 Å². The molecule has 0 amide bonds. The predicted octanol–water partition coefficient (Wildman–Crippen LogP) is 0.892. The number of nitrogens with one attached hydrogen (secondary N) is 2. The van der Waals surface area contributed by atoms with E-state index in [4.69, 9.17) is 0 Å². The lowest BCUT2D eigenvalue weighted by Gasteiger charge is -2.10. The van der Waals surface area contributed by atoms with Gasteiger partial charge in [-0.15, -0.1) is 0 Å². The Labute approximate surface area is 84.7 Å². The summed E-state index contributed by atoms with van der Waals surface area (Å²) in [6, 6.07) is 2.70. The van der Waals surface area contributed by atoms with Crippen LogP contribution in [0.3, 0.4) is 0 Å². The van der Waals surface area contributed by atoms with E-state index in [2.05, 4.69) is 28.7 Å². The van der Waals surface area contributed by atoms with E-state index in [1.54, 1.807) is 0 Å². The number of nitrogens with zero attached hydrogens (tertiary/aromatic N) is 2. The SMILES string of the molecule is Cc1cc(NC[C@@H]2CCCN2)nn1C. The van der Waals surface area contributed by atoms with Crippen LogP contribution in [0.25, 0.3) is 0 Å². The summed E-state index contributed by atoms with van der Waals surface area (Å²) in [5, 5.41) is 11.2. The predicted molar refractivity (Wildman–Crippen MR) is 57.5 cm³/mol. The molecule has 0 radical (unpaired) electrons. The lowest BCUT2D eigenvalue weighted by molar-refractivity contribution is 0.631. The van der Waals surface area contributed by atoms with Gasteiger partial charge in [0.15, 0.2) is 0 Å². The summed E-state index contributed by atoms with van der Waals surface area (Å²) in [6.45, 7) is 4.20. The normalized spacial score (nSPS) is 21.4. The van der Waals surface area contributed by atoms with E-state index in [9.17, 15) is 0 Å². The maximum absolute atomic E-state index is 4.35. The number of rotatable bonds is 3. The lowest BCUT2D eigenvalue weighted by atomic mass is 10.2. The standard InChI is InChI=1S/C10H18N4/c1-8-6-10(13-14(8)2)12-7-9-4-3-5-11-9/h6,9,11H,3-5,7H2,1-2H3,(H,12,13)/t9-/m0/s1. The molecule has 1 fully saturated rings. The second-order valence-corrected chi connectivity index (χ2v) is 3.97. The molecule has 0 spiro atoms. The molecule has 1 atom stereocenters. The van der Waals surface area contributed by atoms with Crippen molar-refractivity contribution < 1.29 is 0 Å². The van der Waals surface area contributed by atoms with Gasteiger partial charge in [-0.25, -0.2) is 0 Å². The highest BCUT2D eigenvalue weighted by atomic mass is 15.3. The van der Waals surface area contributed by atoms with E-state index in [0.29, 0.717) is 6.04 Å². The zero-order valence-corrected chi connectivity index (χ0v) is 8.88. The monoisotopic (exact) mass is 194 g/mol. The Morgan fingerprint density at radius 2 is 2.57 bits per heavy atom. The fourth-order valence-corrected chi connectivity index (χ4v) is 1.81. The Hall–Kier alpha value is -1.03. The van der Waals surface area contributed by atoms with Crippen LogP contribution in [-0.2, 0) is 7.05 Å². The van der Waals surface area contributed by atoms with Crippen molar-refractivity contribution in [3.05, 3.63) is 11.8 Å². The quantitative estimate of drug-likeness (QED) is 0.751. The van der Waals surface area contributed by atoms with Crippen LogP contribution in [0.4, 0.5) is 5.82 Å². The van der Waals surface area contributed by atoms with E-state index < -0.39 is 0 Å². The topological polar surface area (TPSA) is 41.9 Å². The molecule has 2 heterocycles. The number of aromatic nitrogens is 2. The van der Waals surface area contributed by atoms with Crippen molar-refractivity contribution in [1.82, 2.24) is 15.1 Å². The van der Waals surface area contributed by atoms with Crippen LogP contribution in [0.2, 0.25) is 0 Å². The fraction of sp³-hybridized carbons (Fsp3) is 0.700. The summed E-state index contributed by atoms with van der Waals surface area (Å²) in [7, 11) is 1.97. The molecule has 1 aliphatic heterocycles. The van der Waals surface area contributed by atoms with Gasteiger partial charge >= 0.3 is 0 Å². The molecule has 0 aromatic carbocycles. The molecule has 1 aromatic heterocycles. The second kappa shape index (κ2) is 4.00. The molecule has 0 aliphatic carbocycles. The first kappa shape index (κ1) is 9.52. The first-order valence-electron chi connectivity index (χ1n) is 5.23. The second-order valence-electron chi connectivity index (χ2n) is 3.97. The maximum Gasteiger partial charge on any atom is 0.148 e. The number of aryl methyl sites for hydroxylation is 2. The molecule has 2 N–H and O–H groups in total. The molecule has 4 nitrogen and oxygen atoms in total. The van der Waals surface area contributed by atoms with Crippen LogP contribution in [0.1, 0.15) is 18.5 Å². The minimum absolute atomic E-state index is 0.623. The van der Waals surface area contributed by atoms with Crippen LogP contribution < -0.4 is 10.6 Å². The van der Waals surface area contributed by atoms with Crippen LogP contribution in [0.15, 0.2) is 6.07 Å². The molecular formula is C10H18N4. The third-order valence-electron chi connectivity index (χ3n) is 2.81. The van der Waals surface area contributed by atoms with Gasteiger partial charge in [-0.2, -0.15) is 5.10 Å². The zero-order chi connectivity index (χ0) is 9.97. The van der Waals surface area contributed by atoms with Crippen LogP contribution >= 0.6 is 0 Å². The van der Waals surface area contributed by atoms with E-state index in [1.807, 2.05) is 11.7 Å². The zero-order valence-electron chi connectivity index (χ0n) is 8.88. The fourth-order valence-electron chi connectivity index (χ4n) is 1.81. The van der Waals surface area contributed by atoms with Gasteiger partial charge in [-0.3, -0.25) is 4.68 Å². The van der Waals surface area contributed by atoms with Crippen molar-refractivity contribution in [3.8, 4) is 0 Å². The Bertz CT molecular complexity index is 280. The number of anilines is 1. The average Bonchev–Trinajstić information content (AvgIpc) is 2.74. The molecule has 0 saturated carbocycles. The van der Waals surface area contributed by atoms with Gasteiger partial charge in [0.25, 0.3) is 0 Å². The molecule has 78 valence electrons. The Balaban J connectivity index is 1.85. The Morgan fingerprint density at radius 3 is 3.14 bits per heavy atom. The average molecular weight is 194 g/mol. The third kappa shape index (κ3) is 2.07. The molecule has 0 bridgehead atoms.